The lowest BCUT2D eigenvalue weighted by molar-refractivity contribution is -0.119. The molecule has 1 amide bonds. The molecule has 1 N–H and O–H groups in total. The molecule has 0 spiro atoms. The average molecular weight is 372 g/mol. The molecular formula is C21H25NO3S. The number of benzene rings is 2. The molecule has 0 aliphatic rings. The molecule has 0 atom stereocenters. The molecule has 138 valence electrons. The summed E-state index contributed by atoms with van der Waals surface area (Å²) in [5.41, 5.74) is 6.44. The van der Waals surface area contributed by atoms with Gasteiger partial charge in [0.05, 0.1) is 11.3 Å². The van der Waals surface area contributed by atoms with Crippen LogP contribution >= 0.6 is 11.8 Å². The fraction of sp³-hybridized carbons (Fsp3) is 0.333. The summed E-state index contributed by atoms with van der Waals surface area (Å²) >= 11 is 1.54. The molecule has 0 heterocycles. The van der Waals surface area contributed by atoms with Crippen LogP contribution in [0, 0.1) is 34.6 Å². The molecule has 0 aliphatic heterocycles. The van der Waals surface area contributed by atoms with E-state index in [0.717, 1.165) is 32.8 Å². The second kappa shape index (κ2) is 8.41. The van der Waals surface area contributed by atoms with E-state index in [1.54, 1.807) is 11.8 Å². The van der Waals surface area contributed by atoms with Crippen LogP contribution in [0.4, 0.5) is 5.69 Å². The molecule has 0 aromatic heterocycles. The molecule has 5 heteroatoms. The van der Waals surface area contributed by atoms with Gasteiger partial charge in [-0.05, 0) is 80.8 Å². The topological polar surface area (TPSA) is 55.4 Å². The minimum Gasteiger partial charge on any atom is -0.452 e. The van der Waals surface area contributed by atoms with Crippen molar-refractivity contribution in [1.29, 1.82) is 0 Å². The number of carbonyl (C=O) groups is 2. The summed E-state index contributed by atoms with van der Waals surface area (Å²) < 4.78 is 5.29. The second-order valence-electron chi connectivity index (χ2n) is 6.32. The molecule has 0 saturated carbocycles. The normalized spacial score (nSPS) is 10.5. The van der Waals surface area contributed by atoms with Crippen molar-refractivity contribution in [3.8, 4) is 0 Å². The molecule has 2 aromatic carbocycles. The molecule has 0 unspecified atom stereocenters. The quantitative estimate of drug-likeness (QED) is 0.609. The third-order valence-corrected chi connectivity index (χ3v) is 5.72. The number of hydrogen-bond donors (Lipinski definition) is 1. The lowest BCUT2D eigenvalue weighted by atomic mass is 9.90. The molecule has 0 bridgehead atoms. The highest BCUT2D eigenvalue weighted by Gasteiger charge is 2.20. The molecular weight excluding hydrogens is 346 g/mol. The fourth-order valence-corrected chi connectivity index (χ4v) is 3.50. The highest BCUT2D eigenvalue weighted by atomic mass is 32.2. The lowest BCUT2D eigenvalue weighted by Gasteiger charge is -2.17. The van der Waals surface area contributed by atoms with Gasteiger partial charge >= 0.3 is 5.97 Å². The zero-order valence-corrected chi connectivity index (χ0v) is 17.0. The second-order valence-corrected chi connectivity index (χ2v) is 7.17. The smallest absolute Gasteiger partial charge is 0.339 e. The third-order valence-electron chi connectivity index (χ3n) is 4.92. The minimum absolute atomic E-state index is 0.313. The summed E-state index contributed by atoms with van der Waals surface area (Å²) in [5, 5.41) is 2.79. The molecule has 26 heavy (non-hydrogen) atoms. The predicted molar refractivity (Wildman–Crippen MR) is 107 cm³/mol. The van der Waals surface area contributed by atoms with Crippen molar-refractivity contribution >= 4 is 29.3 Å². The summed E-state index contributed by atoms with van der Waals surface area (Å²) in [5.74, 6) is -0.810. The number of hydrogen-bond acceptors (Lipinski definition) is 4. The Kier molecular flexibility index (Phi) is 6.48. The van der Waals surface area contributed by atoms with Gasteiger partial charge in [0.1, 0.15) is 0 Å². The van der Waals surface area contributed by atoms with Gasteiger partial charge in [-0.25, -0.2) is 4.79 Å². The van der Waals surface area contributed by atoms with Gasteiger partial charge in [0.25, 0.3) is 5.91 Å². The van der Waals surface area contributed by atoms with Crippen molar-refractivity contribution in [3.05, 3.63) is 57.6 Å². The number of carbonyl (C=O) groups excluding carboxylic acids is 2. The number of ether oxygens (including phenoxy) is 1. The lowest BCUT2D eigenvalue weighted by Crippen LogP contribution is -2.22. The Bertz CT molecular complexity index is 830. The maximum absolute atomic E-state index is 12.6. The van der Waals surface area contributed by atoms with Crippen molar-refractivity contribution in [3.63, 3.8) is 0 Å². The molecule has 0 radical (unpaired) electrons. The van der Waals surface area contributed by atoms with Gasteiger partial charge in [0, 0.05) is 4.90 Å². The van der Waals surface area contributed by atoms with Crippen LogP contribution in [-0.4, -0.2) is 24.7 Å². The van der Waals surface area contributed by atoms with E-state index in [0.29, 0.717) is 5.56 Å². The van der Waals surface area contributed by atoms with Crippen LogP contribution in [0.5, 0.6) is 0 Å². The summed E-state index contributed by atoms with van der Waals surface area (Å²) in [6.45, 7) is 9.57. The van der Waals surface area contributed by atoms with Gasteiger partial charge in [-0.2, -0.15) is 0 Å². The maximum atomic E-state index is 12.6. The SMILES string of the molecule is CSc1ccccc1NC(=O)COC(=O)c1c(C)c(C)c(C)c(C)c1C. The van der Waals surface area contributed by atoms with E-state index in [1.165, 1.54) is 5.56 Å². The number of para-hydroxylation sites is 1. The van der Waals surface area contributed by atoms with Crippen LogP contribution in [0.3, 0.4) is 0 Å². The Morgan fingerprint density at radius 3 is 2.04 bits per heavy atom. The van der Waals surface area contributed by atoms with E-state index in [9.17, 15) is 9.59 Å². The molecule has 0 fully saturated rings. The van der Waals surface area contributed by atoms with Gasteiger partial charge in [0.15, 0.2) is 6.61 Å². The van der Waals surface area contributed by atoms with Crippen molar-refractivity contribution < 1.29 is 14.3 Å². The number of nitrogens with one attached hydrogen (secondary N) is 1. The number of thioether (sulfide) groups is 1. The Labute approximate surface area is 159 Å². The van der Waals surface area contributed by atoms with Crippen LogP contribution < -0.4 is 5.32 Å². The van der Waals surface area contributed by atoms with Gasteiger partial charge in [-0.1, -0.05) is 12.1 Å². The fourth-order valence-electron chi connectivity index (χ4n) is 2.94. The zero-order valence-electron chi connectivity index (χ0n) is 16.1. The number of amides is 1. The first-order chi connectivity index (χ1) is 12.3. The van der Waals surface area contributed by atoms with Crippen LogP contribution in [0.15, 0.2) is 29.2 Å². The summed E-state index contributed by atoms with van der Waals surface area (Å²) in [7, 11) is 0. The Hall–Kier alpha value is -2.27. The van der Waals surface area contributed by atoms with E-state index in [1.807, 2.05) is 58.2 Å². The minimum atomic E-state index is -0.459. The Balaban J connectivity index is 2.11. The first-order valence-corrected chi connectivity index (χ1v) is 9.67. The van der Waals surface area contributed by atoms with Crippen molar-refractivity contribution in [2.75, 3.05) is 18.2 Å². The first-order valence-electron chi connectivity index (χ1n) is 8.44. The molecule has 2 rings (SSSR count). The Morgan fingerprint density at radius 2 is 1.46 bits per heavy atom. The van der Waals surface area contributed by atoms with E-state index in [2.05, 4.69) is 12.2 Å². The summed E-state index contributed by atoms with van der Waals surface area (Å²) in [4.78, 5) is 25.7. The molecule has 4 nitrogen and oxygen atoms in total. The summed E-state index contributed by atoms with van der Waals surface area (Å²) in [6.07, 6.45) is 1.94. The highest BCUT2D eigenvalue weighted by molar-refractivity contribution is 7.98. The van der Waals surface area contributed by atoms with Crippen LogP contribution in [0.25, 0.3) is 0 Å². The molecule has 0 saturated heterocycles. The predicted octanol–water partition coefficient (Wildman–Crippen LogP) is 4.75. The number of anilines is 1. The monoisotopic (exact) mass is 371 g/mol. The molecule has 2 aromatic rings. The zero-order chi connectivity index (χ0) is 19.4. The van der Waals surface area contributed by atoms with Gasteiger partial charge in [-0.15, -0.1) is 11.8 Å². The van der Waals surface area contributed by atoms with Crippen LogP contribution in [-0.2, 0) is 9.53 Å². The van der Waals surface area contributed by atoms with Gasteiger partial charge in [-0.3, -0.25) is 4.79 Å². The Morgan fingerprint density at radius 1 is 0.923 bits per heavy atom. The van der Waals surface area contributed by atoms with E-state index >= 15 is 0 Å². The molecule has 0 aliphatic carbocycles. The van der Waals surface area contributed by atoms with Crippen LogP contribution in [0.2, 0.25) is 0 Å². The highest BCUT2D eigenvalue weighted by Crippen LogP contribution is 2.27. The first kappa shape index (κ1) is 20.0. The average Bonchev–Trinajstić information content (AvgIpc) is 2.63. The van der Waals surface area contributed by atoms with E-state index in [4.69, 9.17) is 4.74 Å². The largest absolute Gasteiger partial charge is 0.452 e. The van der Waals surface area contributed by atoms with Crippen LogP contribution in [0.1, 0.15) is 38.2 Å². The van der Waals surface area contributed by atoms with Gasteiger partial charge < -0.3 is 10.1 Å². The summed E-state index contributed by atoms with van der Waals surface area (Å²) in [6, 6.07) is 7.52. The third kappa shape index (κ3) is 4.10. The standard InChI is InChI=1S/C21H25NO3S/c1-12-13(2)15(4)20(16(5)14(12)3)21(24)25-11-19(23)22-17-9-7-8-10-18(17)26-6/h7-10H,11H2,1-6H3,(H,22,23). The van der Waals surface area contributed by atoms with Gasteiger partial charge in [0.2, 0.25) is 0 Å². The van der Waals surface area contributed by atoms with Crippen molar-refractivity contribution in [2.24, 2.45) is 0 Å². The van der Waals surface area contributed by atoms with Crippen molar-refractivity contribution in [2.45, 2.75) is 39.5 Å². The van der Waals surface area contributed by atoms with Crippen molar-refractivity contribution in [1.82, 2.24) is 0 Å². The van der Waals surface area contributed by atoms with E-state index in [-0.39, 0.29) is 12.5 Å². The number of rotatable bonds is 5. The number of esters is 1. The van der Waals surface area contributed by atoms with E-state index < -0.39 is 5.97 Å². The maximum Gasteiger partial charge on any atom is 0.339 e.